The first-order valence-electron chi connectivity index (χ1n) is 8.13. The second-order valence-corrected chi connectivity index (χ2v) is 7.67. The van der Waals surface area contributed by atoms with Crippen molar-refractivity contribution in [2.45, 2.75) is 19.3 Å². The lowest BCUT2D eigenvalue weighted by atomic mass is 10.2. The third kappa shape index (κ3) is 3.19. The van der Waals surface area contributed by atoms with Crippen molar-refractivity contribution in [2.24, 2.45) is 0 Å². The number of hydrogen-bond acceptors (Lipinski definition) is 5. The Morgan fingerprint density at radius 1 is 1.28 bits per heavy atom. The SMILES string of the molecule is CN(CC(=O)Nc1ccc(Cl)cc1)c1ncnc2sc3c(c12)CCC3. The van der Waals surface area contributed by atoms with Crippen molar-refractivity contribution in [1.82, 2.24) is 9.97 Å². The summed E-state index contributed by atoms with van der Waals surface area (Å²) in [7, 11) is 1.89. The van der Waals surface area contributed by atoms with Gasteiger partial charge in [-0.2, -0.15) is 0 Å². The zero-order valence-corrected chi connectivity index (χ0v) is 15.3. The largest absolute Gasteiger partial charge is 0.350 e. The predicted molar refractivity (Wildman–Crippen MR) is 103 cm³/mol. The number of nitrogens with one attached hydrogen (secondary N) is 1. The Morgan fingerprint density at radius 2 is 2.08 bits per heavy atom. The van der Waals surface area contributed by atoms with E-state index in [0.717, 1.165) is 34.6 Å². The number of halogens is 1. The molecule has 1 aliphatic carbocycles. The van der Waals surface area contributed by atoms with Gasteiger partial charge in [0.1, 0.15) is 17.0 Å². The van der Waals surface area contributed by atoms with Gasteiger partial charge in [-0.3, -0.25) is 4.79 Å². The molecule has 25 heavy (non-hydrogen) atoms. The zero-order chi connectivity index (χ0) is 17.4. The van der Waals surface area contributed by atoms with E-state index in [1.807, 2.05) is 11.9 Å². The van der Waals surface area contributed by atoms with Crippen molar-refractivity contribution in [3.63, 3.8) is 0 Å². The van der Waals surface area contributed by atoms with Crippen molar-refractivity contribution in [3.05, 3.63) is 46.1 Å². The highest BCUT2D eigenvalue weighted by Gasteiger charge is 2.23. The van der Waals surface area contributed by atoms with Gasteiger partial charge in [0.2, 0.25) is 5.91 Å². The van der Waals surface area contributed by atoms with Crippen LogP contribution < -0.4 is 10.2 Å². The molecule has 1 aromatic carbocycles. The Hall–Kier alpha value is -2.18. The maximum absolute atomic E-state index is 12.4. The Morgan fingerprint density at radius 3 is 2.88 bits per heavy atom. The third-order valence-electron chi connectivity index (χ3n) is 4.35. The van der Waals surface area contributed by atoms with Gasteiger partial charge in [0.05, 0.1) is 11.9 Å². The minimum atomic E-state index is -0.0940. The van der Waals surface area contributed by atoms with Crippen LogP contribution in [0.25, 0.3) is 10.2 Å². The molecule has 3 aromatic rings. The maximum atomic E-state index is 12.4. The normalized spacial score (nSPS) is 13.0. The van der Waals surface area contributed by atoms with Gasteiger partial charge < -0.3 is 10.2 Å². The molecule has 0 saturated heterocycles. The lowest BCUT2D eigenvalue weighted by molar-refractivity contribution is -0.114. The molecule has 7 heteroatoms. The number of fused-ring (bicyclic) bond motifs is 3. The summed E-state index contributed by atoms with van der Waals surface area (Å²) in [6.07, 6.45) is 4.96. The molecule has 1 amide bonds. The topological polar surface area (TPSA) is 58.1 Å². The minimum absolute atomic E-state index is 0.0940. The summed E-state index contributed by atoms with van der Waals surface area (Å²) in [4.78, 5) is 25.5. The van der Waals surface area contributed by atoms with Crippen LogP contribution in [0.4, 0.5) is 11.5 Å². The molecular formula is C18H17ClN4OS. The Balaban J connectivity index is 1.55. The molecule has 0 saturated carbocycles. The van der Waals surface area contributed by atoms with E-state index in [-0.39, 0.29) is 12.5 Å². The number of carbonyl (C=O) groups is 1. The molecule has 2 heterocycles. The number of carbonyl (C=O) groups excluding carboxylic acids is 1. The lowest BCUT2D eigenvalue weighted by Crippen LogP contribution is -2.30. The number of nitrogens with zero attached hydrogens (tertiary/aromatic N) is 3. The van der Waals surface area contributed by atoms with Crippen molar-refractivity contribution >= 4 is 50.6 Å². The number of anilines is 2. The number of amides is 1. The van der Waals surface area contributed by atoms with E-state index < -0.39 is 0 Å². The number of likely N-dealkylation sites (N-methyl/N-ethyl adjacent to an activating group) is 1. The van der Waals surface area contributed by atoms with Crippen molar-refractivity contribution in [3.8, 4) is 0 Å². The van der Waals surface area contributed by atoms with Crippen LogP contribution >= 0.6 is 22.9 Å². The van der Waals surface area contributed by atoms with E-state index >= 15 is 0 Å². The first kappa shape index (κ1) is 16.3. The van der Waals surface area contributed by atoms with Crippen LogP contribution in [0, 0.1) is 0 Å². The van der Waals surface area contributed by atoms with E-state index in [1.54, 1.807) is 41.9 Å². The Kier molecular flexibility index (Phi) is 4.31. The van der Waals surface area contributed by atoms with E-state index in [1.165, 1.54) is 16.9 Å². The number of hydrogen-bond donors (Lipinski definition) is 1. The Bertz CT molecular complexity index is 938. The summed E-state index contributed by atoms with van der Waals surface area (Å²) in [5, 5.41) is 4.64. The molecule has 0 bridgehead atoms. The third-order valence-corrected chi connectivity index (χ3v) is 5.80. The van der Waals surface area contributed by atoms with Gasteiger partial charge in [0.25, 0.3) is 0 Å². The van der Waals surface area contributed by atoms with Gasteiger partial charge in [0, 0.05) is 22.6 Å². The summed E-state index contributed by atoms with van der Waals surface area (Å²) in [6, 6.07) is 7.08. The zero-order valence-electron chi connectivity index (χ0n) is 13.8. The summed E-state index contributed by atoms with van der Waals surface area (Å²) in [5.41, 5.74) is 2.09. The quantitative estimate of drug-likeness (QED) is 0.754. The highest BCUT2D eigenvalue weighted by molar-refractivity contribution is 7.19. The minimum Gasteiger partial charge on any atom is -0.350 e. The lowest BCUT2D eigenvalue weighted by Gasteiger charge is -2.19. The molecule has 128 valence electrons. The summed E-state index contributed by atoms with van der Waals surface area (Å²) >= 11 is 7.62. The van der Waals surface area contributed by atoms with Crippen molar-refractivity contribution in [1.29, 1.82) is 0 Å². The molecule has 0 unspecified atom stereocenters. The van der Waals surface area contributed by atoms with Crippen LogP contribution in [0.3, 0.4) is 0 Å². The van der Waals surface area contributed by atoms with Crippen LogP contribution in [0.15, 0.2) is 30.6 Å². The van der Waals surface area contributed by atoms with Crippen LogP contribution in [0.2, 0.25) is 5.02 Å². The number of benzene rings is 1. The fourth-order valence-corrected chi connectivity index (χ4v) is 4.57. The summed E-state index contributed by atoms with van der Waals surface area (Å²) < 4.78 is 0. The van der Waals surface area contributed by atoms with E-state index in [2.05, 4.69) is 15.3 Å². The van der Waals surface area contributed by atoms with Gasteiger partial charge in [-0.05, 0) is 49.1 Å². The summed E-state index contributed by atoms with van der Waals surface area (Å²) in [5.74, 6) is 0.735. The van der Waals surface area contributed by atoms with Crippen molar-refractivity contribution < 1.29 is 4.79 Å². The monoisotopic (exact) mass is 372 g/mol. The van der Waals surface area contributed by atoms with Gasteiger partial charge in [0.15, 0.2) is 0 Å². The molecule has 0 atom stereocenters. The maximum Gasteiger partial charge on any atom is 0.243 e. The molecule has 1 aliphatic rings. The Labute approximate surface area is 154 Å². The van der Waals surface area contributed by atoms with Crippen LogP contribution in [-0.2, 0) is 17.6 Å². The van der Waals surface area contributed by atoms with Crippen LogP contribution in [0.1, 0.15) is 16.9 Å². The summed E-state index contributed by atoms with van der Waals surface area (Å²) in [6.45, 7) is 0.222. The molecule has 5 nitrogen and oxygen atoms in total. The highest BCUT2D eigenvalue weighted by Crippen LogP contribution is 2.39. The fraction of sp³-hybridized carbons (Fsp3) is 0.278. The van der Waals surface area contributed by atoms with Gasteiger partial charge >= 0.3 is 0 Å². The molecule has 0 radical (unpaired) electrons. The standard InChI is InChI=1S/C18H17ClN4OS/c1-23(9-15(24)22-12-7-5-11(19)6-8-12)17-16-13-3-2-4-14(13)25-18(16)21-10-20-17/h5-8,10H,2-4,9H2,1H3,(H,22,24). The molecular weight excluding hydrogens is 356 g/mol. The van der Waals surface area contributed by atoms with Crippen LogP contribution in [0.5, 0.6) is 0 Å². The first-order valence-corrected chi connectivity index (χ1v) is 9.33. The van der Waals surface area contributed by atoms with Gasteiger partial charge in [-0.1, -0.05) is 11.6 Å². The predicted octanol–water partition coefficient (Wildman–Crippen LogP) is 3.91. The number of thiophene rings is 1. The van der Waals surface area contributed by atoms with Gasteiger partial charge in [-0.15, -0.1) is 11.3 Å². The number of aryl methyl sites for hydroxylation is 2. The van der Waals surface area contributed by atoms with Crippen LogP contribution in [-0.4, -0.2) is 29.5 Å². The van der Waals surface area contributed by atoms with Crippen molar-refractivity contribution in [2.75, 3.05) is 23.8 Å². The molecule has 2 aromatic heterocycles. The second kappa shape index (κ2) is 6.61. The number of rotatable bonds is 4. The molecule has 0 fully saturated rings. The highest BCUT2D eigenvalue weighted by atomic mass is 35.5. The smallest absolute Gasteiger partial charge is 0.243 e. The van der Waals surface area contributed by atoms with E-state index in [9.17, 15) is 4.79 Å². The average Bonchev–Trinajstić information content (AvgIpc) is 3.17. The average molecular weight is 373 g/mol. The second-order valence-electron chi connectivity index (χ2n) is 6.15. The number of aromatic nitrogens is 2. The molecule has 1 N–H and O–H groups in total. The molecule has 4 rings (SSSR count). The molecule has 0 spiro atoms. The first-order chi connectivity index (χ1) is 12.1. The van der Waals surface area contributed by atoms with E-state index in [0.29, 0.717) is 5.02 Å². The fourth-order valence-electron chi connectivity index (χ4n) is 3.23. The molecule has 0 aliphatic heterocycles. The van der Waals surface area contributed by atoms with Gasteiger partial charge in [-0.25, -0.2) is 9.97 Å². The van der Waals surface area contributed by atoms with E-state index in [4.69, 9.17) is 11.6 Å².